The molecular formula is C15H22N4O. The van der Waals surface area contributed by atoms with Gasteiger partial charge < -0.3 is 10.1 Å². The molecule has 1 aromatic carbocycles. The minimum absolute atomic E-state index is 0.0835. The minimum Gasteiger partial charge on any atom is -0.492 e. The molecule has 0 aliphatic carbocycles. The molecule has 0 spiro atoms. The summed E-state index contributed by atoms with van der Waals surface area (Å²) in [5.74, 6) is 0.877. The van der Waals surface area contributed by atoms with Gasteiger partial charge in [-0.25, -0.2) is 4.68 Å². The number of ether oxygens (including phenoxy) is 1. The van der Waals surface area contributed by atoms with Crippen LogP contribution in [-0.2, 0) is 13.1 Å². The highest BCUT2D eigenvalue weighted by molar-refractivity contribution is 5.20. The molecule has 0 saturated heterocycles. The average Bonchev–Trinajstić information content (AvgIpc) is 2.85. The zero-order valence-corrected chi connectivity index (χ0v) is 12.3. The van der Waals surface area contributed by atoms with E-state index in [1.165, 1.54) is 0 Å². The maximum atomic E-state index is 5.63. The largest absolute Gasteiger partial charge is 0.492 e. The van der Waals surface area contributed by atoms with Gasteiger partial charge in [-0.2, -0.15) is 0 Å². The highest BCUT2D eigenvalue weighted by Gasteiger charge is 2.09. The number of aromatic nitrogens is 3. The van der Waals surface area contributed by atoms with E-state index >= 15 is 0 Å². The molecule has 108 valence electrons. The highest BCUT2D eigenvalue weighted by atomic mass is 16.5. The molecule has 0 unspecified atom stereocenters. The number of hydrogen-bond donors (Lipinski definition) is 1. The number of rotatable bonds is 6. The fourth-order valence-electron chi connectivity index (χ4n) is 1.66. The van der Waals surface area contributed by atoms with Gasteiger partial charge in [0.25, 0.3) is 0 Å². The molecule has 1 aromatic heterocycles. The van der Waals surface area contributed by atoms with E-state index in [0.717, 1.165) is 18.0 Å². The van der Waals surface area contributed by atoms with Crippen molar-refractivity contribution in [3.05, 3.63) is 42.2 Å². The lowest BCUT2D eigenvalue weighted by atomic mass is 10.1. The predicted octanol–water partition coefficient (Wildman–Crippen LogP) is 2.25. The van der Waals surface area contributed by atoms with Crippen LogP contribution in [0.1, 0.15) is 26.5 Å². The molecule has 1 heterocycles. The molecule has 5 heteroatoms. The van der Waals surface area contributed by atoms with Gasteiger partial charge in [-0.05, 0) is 32.9 Å². The summed E-state index contributed by atoms with van der Waals surface area (Å²) in [5, 5.41) is 11.6. The van der Waals surface area contributed by atoms with E-state index in [1.807, 2.05) is 41.2 Å². The predicted molar refractivity (Wildman–Crippen MR) is 78.6 cm³/mol. The Bertz CT molecular complexity index is 516. The van der Waals surface area contributed by atoms with Crippen molar-refractivity contribution in [3.63, 3.8) is 0 Å². The standard InChI is InChI=1S/C15H22N4O/c1-15(2,3)16-11-13-12-19(18-17-13)9-10-20-14-7-5-4-6-8-14/h4-8,12,16H,9-11H2,1-3H3. The summed E-state index contributed by atoms with van der Waals surface area (Å²) in [7, 11) is 0. The quantitative estimate of drug-likeness (QED) is 0.877. The minimum atomic E-state index is 0.0835. The summed E-state index contributed by atoms with van der Waals surface area (Å²) in [4.78, 5) is 0. The third-order valence-electron chi connectivity index (χ3n) is 2.72. The zero-order chi connectivity index (χ0) is 14.4. The molecule has 0 radical (unpaired) electrons. The van der Waals surface area contributed by atoms with E-state index in [9.17, 15) is 0 Å². The van der Waals surface area contributed by atoms with Crippen molar-refractivity contribution < 1.29 is 4.74 Å². The number of benzene rings is 1. The second-order valence-electron chi connectivity index (χ2n) is 5.74. The van der Waals surface area contributed by atoms with Gasteiger partial charge in [0, 0.05) is 18.3 Å². The molecule has 0 amide bonds. The molecule has 5 nitrogen and oxygen atoms in total. The van der Waals surface area contributed by atoms with Crippen molar-refractivity contribution in [2.75, 3.05) is 6.61 Å². The van der Waals surface area contributed by atoms with E-state index in [2.05, 4.69) is 36.4 Å². The number of hydrogen-bond acceptors (Lipinski definition) is 4. The van der Waals surface area contributed by atoms with Crippen molar-refractivity contribution in [3.8, 4) is 5.75 Å². The van der Waals surface area contributed by atoms with Crippen LogP contribution in [0.25, 0.3) is 0 Å². The monoisotopic (exact) mass is 274 g/mol. The van der Waals surface area contributed by atoms with Crippen LogP contribution < -0.4 is 10.1 Å². The lowest BCUT2D eigenvalue weighted by Gasteiger charge is -2.19. The Balaban J connectivity index is 1.75. The lowest BCUT2D eigenvalue weighted by Crippen LogP contribution is -2.35. The molecule has 0 aliphatic heterocycles. The second-order valence-corrected chi connectivity index (χ2v) is 5.74. The van der Waals surface area contributed by atoms with E-state index in [-0.39, 0.29) is 5.54 Å². The summed E-state index contributed by atoms with van der Waals surface area (Å²) in [6, 6.07) is 9.78. The first-order valence-electron chi connectivity index (χ1n) is 6.85. The van der Waals surface area contributed by atoms with Crippen LogP contribution in [0.15, 0.2) is 36.5 Å². The Hall–Kier alpha value is -1.88. The normalized spacial score (nSPS) is 11.6. The smallest absolute Gasteiger partial charge is 0.119 e. The van der Waals surface area contributed by atoms with E-state index in [1.54, 1.807) is 0 Å². The summed E-state index contributed by atoms with van der Waals surface area (Å²) in [6.07, 6.45) is 1.95. The van der Waals surface area contributed by atoms with Gasteiger partial charge in [-0.3, -0.25) is 0 Å². The van der Waals surface area contributed by atoms with E-state index < -0.39 is 0 Å². The first-order valence-corrected chi connectivity index (χ1v) is 6.85. The van der Waals surface area contributed by atoms with Crippen molar-refractivity contribution in [1.29, 1.82) is 0 Å². The van der Waals surface area contributed by atoms with E-state index in [4.69, 9.17) is 4.74 Å². The van der Waals surface area contributed by atoms with Crippen molar-refractivity contribution in [1.82, 2.24) is 20.3 Å². The van der Waals surface area contributed by atoms with Crippen molar-refractivity contribution in [2.45, 2.75) is 39.4 Å². The van der Waals surface area contributed by atoms with Crippen LogP contribution in [0, 0.1) is 0 Å². The van der Waals surface area contributed by atoms with Crippen LogP contribution in [0.4, 0.5) is 0 Å². The number of nitrogens with one attached hydrogen (secondary N) is 1. The topological polar surface area (TPSA) is 52.0 Å². The first kappa shape index (κ1) is 14.5. The van der Waals surface area contributed by atoms with Gasteiger partial charge >= 0.3 is 0 Å². The maximum Gasteiger partial charge on any atom is 0.119 e. The Morgan fingerprint density at radius 3 is 2.65 bits per heavy atom. The SMILES string of the molecule is CC(C)(C)NCc1cn(CCOc2ccccc2)nn1. The Labute approximate surface area is 120 Å². The van der Waals surface area contributed by atoms with E-state index in [0.29, 0.717) is 13.2 Å². The summed E-state index contributed by atoms with van der Waals surface area (Å²) >= 11 is 0. The number of nitrogens with zero attached hydrogens (tertiary/aromatic N) is 3. The molecule has 0 atom stereocenters. The summed E-state index contributed by atoms with van der Waals surface area (Å²) in [5.41, 5.74) is 1.03. The fraction of sp³-hybridized carbons (Fsp3) is 0.467. The molecule has 20 heavy (non-hydrogen) atoms. The molecule has 1 N–H and O–H groups in total. The zero-order valence-electron chi connectivity index (χ0n) is 12.3. The second kappa shape index (κ2) is 6.52. The van der Waals surface area contributed by atoms with Crippen LogP contribution in [-0.4, -0.2) is 27.1 Å². The lowest BCUT2D eigenvalue weighted by molar-refractivity contribution is 0.289. The number of para-hydroxylation sites is 1. The van der Waals surface area contributed by atoms with Gasteiger partial charge in [-0.1, -0.05) is 23.4 Å². The molecule has 0 bridgehead atoms. The van der Waals surface area contributed by atoms with Gasteiger partial charge in [-0.15, -0.1) is 5.10 Å². The molecule has 0 aliphatic rings. The van der Waals surface area contributed by atoms with Crippen LogP contribution >= 0.6 is 0 Å². The average molecular weight is 274 g/mol. The molecule has 0 fully saturated rings. The third kappa shape index (κ3) is 5.01. The van der Waals surface area contributed by atoms with Gasteiger partial charge in [0.05, 0.1) is 12.2 Å². The molecule has 2 rings (SSSR count). The molecule has 2 aromatic rings. The maximum absolute atomic E-state index is 5.63. The summed E-state index contributed by atoms with van der Waals surface area (Å²) < 4.78 is 7.44. The van der Waals surface area contributed by atoms with Crippen LogP contribution in [0.3, 0.4) is 0 Å². The van der Waals surface area contributed by atoms with Gasteiger partial charge in [0.15, 0.2) is 0 Å². The van der Waals surface area contributed by atoms with Crippen LogP contribution in [0.2, 0.25) is 0 Å². The molecule has 0 saturated carbocycles. The highest BCUT2D eigenvalue weighted by Crippen LogP contribution is 2.08. The molecular weight excluding hydrogens is 252 g/mol. The Morgan fingerprint density at radius 1 is 1.20 bits per heavy atom. The van der Waals surface area contributed by atoms with Gasteiger partial charge in [0.1, 0.15) is 12.4 Å². The van der Waals surface area contributed by atoms with Crippen LogP contribution in [0.5, 0.6) is 5.75 Å². The summed E-state index contributed by atoms with van der Waals surface area (Å²) in [6.45, 7) is 8.39. The van der Waals surface area contributed by atoms with Gasteiger partial charge in [0.2, 0.25) is 0 Å². The van der Waals surface area contributed by atoms with Crippen molar-refractivity contribution in [2.24, 2.45) is 0 Å². The fourth-order valence-corrected chi connectivity index (χ4v) is 1.66. The first-order chi connectivity index (χ1) is 9.53. The van der Waals surface area contributed by atoms with Crippen molar-refractivity contribution >= 4 is 0 Å². The Kier molecular flexibility index (Phi) is 4.74. The third-order valence-corrected chi connectivity index (χ3v) is 2.72. The Morgan fingerprint density at radius 2 is 1.95 bits per heavy atom.